The molecule has 0 fully saturated rings. The molecule has 0 aromatic heterocycles. The summed E-state index contributed by atoms with van der Waals surface area (Å²) in [5, 5.41) is 14.8. The molecule has 186 valence electrons. The molecule has 0 spiro atoms. The predicted molar refractivity (Wildman–Crippen MR) is 135 cm³/mol. The highest BCUT2D eigenvalue weighted by molar-refractivity contribution is 5.89. The molecule has 0 bridgehead atoms. The van der Waals surface area contributed by atoms with Crippen LogP contribution in [0.3, 0.4) is 0 Å². The van der Waals surface area contributed by atoms with E-state index in [9.17, 15) is 19.5 Å². The Morgan fingerprint density at radius 1 is 0.971 bits per heavy atom. The number of hydrogen-bond acceptors (Lipinski definition) is 4. The zero-order valence-electron chi connectivity index (χ0n) is 20.9. The number of carbonyl (C=O) groups is 3. The minimum atomic E-state index is -1.13. The van der Waals surface area contributed by atoms with Gasteiger partial charge in [-0.2, -0.15) is 0 Å². The minimum Gasteiger partial charge on any atom is -0.480 e. The van der Waals surface area contributed by atoms with E-state index in [0.29, 0.717) is 0 Å². The Kier molecular flexibility index (Phi) is 7.99. The summed E-state index contributed by atoms with van der Waals surface area (Å²) in [5.41, 5.74) is 4.71. The summed E-state index contributed by atoms with van der Waals surface area (Å²) in [6, 6.07) is 14.0. The van der Waals surface area contributed by atoms with Gasteiger partial charge in [0.2, 0.25) is 5.91 Å². The number of carbonyl (C=O) groups excluding carboxylic acids is 2. The lowest BCUT2D eigenvalue weighted by atomic mass is 9.86. The molecule has 2 amide bonds. The molecule has 0 heterocycles. The third kappa shape index (κ3) is 6.29. The van der Waals surface area contributed by atoms with Crippen molar-refractivity contribution < 1.29 is 24.2 Å². The molecule has 0 aliphatic heterocycles. The minimum absolute atomic E-state index is 0.101. The summed E-state index contributed by atoms with van der Waals surface area (Å²) in [5.74, 6) is -1.80. The second-order valence-corrected chi connectivity index (χ2v) is 10.2. The van der Waals surface area contributed by atoms with Crippen LogP contribution in [0.1, 0.15) is 58.1 Å². The Bertz CT molecular complexity index is 1080. The summed E-state index contributed by atoms with van der Waals surface area (Å²) in [7, 11) is 0. The number of ether oxygens (including phenoxy) is 1. The summed E-state index contributed by atoms with van der Waals surface area (Å²) in [4.78, 5) is 37.4. The Morgan fingerprint density at radius 2 is 1.51 bits per heavy atom. The van der Waals surface area contributed by atoms with Crippen LogP contribution >= 0.6 is 0 Å². The van der Waals surface area contributed by atoms with Crippen LogP contribution in [0.5, 0.6) is 0 Å². The third-order valence-electron chi connectivity index (χ3n) is 6.11. The van der Waals surface area contributed by atoms with Gasteiger partial charge in [0, 0.05) is 5.92 Å². The fourth-order valence-electron chi connectivity index (χ4n) is 4.26. The highest BCUT2D eigenvalue weighted by Crippen LogP contribution is 2.44. The van der Waals surface area contributed by atoms with Crippen LogP contribution < -0.4 is 10.6 Å². The summed E-state index contributed by atoms with van der Waals surface area (Å²) >= 11 is 0. The number of hydrogen-bond donors (Lipinski definition) is 3. The zero-order chi connectivity index (χ0) is 25.8. The molecule has 1 aliphatic rings. The Hall–Kier alpha value is -3.61. The monoisotopic (exact) mass is 478 g/mol. The van der Waals surface area contributed by atoms with Gasteiger partial charge in [0.1, 0.15) is 18.7 Å². The average Bonchev–Trinajstić information content (AvgIpc) is 3.11. The standard InChI is InChI=1S/C28H34N2O5/c1-17(2)14-15-23(25(31)30-24(26(32)33)28(3,4)5)29-27(34)35-16-22-20-12-8-6-10-18(20)19-11-7-9-13-21(19)22/h6-14,22-24H,15-16H2,1-5H3,(H,29,34)(H,30,31)(H,32,33)/t23?,24-/m1/s1. The van der Waals surface area contributed by atoms with Gasteiger partial charge in [0.05, 0.1) is 0 Å². The number of amides is 2. The van der Waals surface area contributed by atoms with Gasteiger partial charge < -0.3 is 20.5 Å². The van der Waals surface area contributed by atoms with Crippen molar-refractivity contribution in [3.05, 3.63) is 71.3 Å². The van der Waals surface area contributed by atoms with Crippen LogP contribution in [-0.4, -0.2) is 41.8 Å². The number of alkyl carbamates (subject to hydrolysis) is 1. The van der Waals surface area contributed by atoms with Gasteiger partial charge in [-0.3, -0.25) is 4.79 Å². The quantitative estimate of drug-likeness (QED) is 0.470. The van der Waals surface area contributed by atoms with Crippen molar-refractivity contribution in [1.82, 2.24) is 10.6 Å². The van der Waals surface area contributed by atoms with Crippen molar-refractivity contribution in [2.24, 2.45) is 5.41 Å². The summed E-state index contributed by atoms with van der Waals surface area (Å²) in [6.45, 7) is 9.09. The van der Waals surface area contributed by atoms with Crippen LogP contribution in [0.15, 0.2) is 60.2 Å². The van der Waals surface area contributed by atoms with Gasteiger partial charge in [-0.15, -0.1) is 0 Å². The van der Waals surface area contributed by atoms with Crippen molar-refractivity contribution in [1.29, 1.82) is 0 Å². The Morgan fingerprint density at radius 3 is 2.00 bits per heavy atom. The maximum atomic E-state index is 13.0. The van der Waals surface area contributed by atoms with Crippen molar-refractivity contribution in [3.63, 3.8) is 0 Å². The first-order chi connectivity index (χ1) is 16.5. The van der Waals surface area contributed by atoms with Gasteiger partial charge in [-0.05, 0) is 47.9 Å². The van der Waals surface area contributed by atoms with E-state index in [1.165, 1.54) is 0 Å². The van der Waals surface area contributed by atoms with Crippen LogP contribution in [0.4, 0.5) is 4.79 Å². The molecule has 0 radical (unpaired) electrons. The molecule has 7 nitrogen and oxygen atoms in total. The van der Waals surface area contributed by atoms with Gasteiger partial charge in [0.25, 0.3) is 0 Å². The van der Waals surface area contributed by atoms with E-state index in [0.717, 1.165) is 27.8 Å². The molecular weight excluding hydrogens is 444 g/mol. The maximum absolute atomic E-state index is 13.0. The number of nitrogens with one attached hydrogen (secondary N) is 2. The van der Waals surface area contributed by atoms with Crippen LogP contribution in [0.2, 0.25) is 0 Å². The summed E-state index contributed by atoms with van der Waals surface area (Å²) in [6.07, 6.45) is 1.31. The smallest absolute Gasteiger partial charge is 0.407 e. The van der Waals surface area contributed by atoms with Crippen LogP contribution in [0.25, 0.3) is 11.1 Å². The van der Waals surface area contributed by atoms with Gasteiger partial charge in [0.15, 0.2) is 0 Å². The Labute approximate surface area is 206 Å². The second kappa shape index (κ2) is 10.8. The normalized spacial score (nSPS) is 14.2. The van der Waals surface area contributed by atoms with E-state index < -0.39 is 35.5 Å². The van der Waals surface area contributed by atoms with E-state index in [1.807, 2.05) is 56.3 Å². The predicted octanol–water partition coefficient (Wildman–Crippen LogP) is 4.87. The number of carboxylic acid groups (broad SMARTS) is 1. The highest BCUT2D eigenvalue weighted by Gasteiger charge is 2.35. The topological polar surface area (TPSA) is 105 Å². The van der Waals surface area contributed by atoms with Gasteiger partial charge in [-0.25, -0.2) is 9.59 Å². The van der Waals surface area contributed by atoms with E-state index in [1.54, 1.807) is 20.8 Å². The fraction of sp³-hybridized carbons (Fsp3) is 0.393. The number of allylic oxidation sites excluding steroid dienone is 1. The first kappa shape index (κ1) is 26.0. The third-order valence-corrected chi connectivity index (χ3v) is 6.11. The van der Waals surface area contributed by atoms with E-state index >= 15 is 0 Å². The van der Waals surface area contributed by atoms with E-state index in [4.69, 9.17) is 4.74 Å². The van der Waals surface area contributed by atoms with Gasteiger partial charge >= 0.3 is 12.1 Å². The molecule has 3 N–H and O–H groups in total. The molecule has 3 rings (SSSR count). The maximum Gasteiger partial charge on any atom is 0.407 e. The molecule has 7 heteroatoms. The number of rotatable bonds is 8. The van der Waals surface area contributed by atoms with Crippen molar-refractivity contribution in [2.45, 2.75) is 59.0 Å². The lowest BCUT2D eigenvalue weighted by Gasteiger charge is -2.29. The second-order valence-electron chi connectivity index (χ2n) is 10.2. The Balaban J connectivity index is 1.71. The SMILES string of the molecule is CC(C)=CCC(NC(=O)OCC1c2ccccc2-c2ccccc21)C(=O)N[C@H](C(=O)O)C(C)(C)C. The van der Waals surface area contributed by atoms with E-state index in [2.05, 4.69) is 22.8 Å². The number of benzene rings is 2. The molecule has 1 aliphatic carbocycles. The molecule has 2 aromatic carbocycles. The first-order valence-electron chi connectivity index (χ1n) is 11.8. The van der Waals surface area contributed by atoms with Gasteiger partial charge in [-0.1, -0.05) is 81.0 Å². The molecule has 0 saturated carbocycles. The fourth-order valence-corrected chi connectivity index (χ4v) is 4.26. The number of aliphatic carboxylic acids is 1. The average molecular weight is 479 g/mol. The van der Waals surface area contributed by atoms with Crippen molar-refractivity contribution in [2.75, 3.05) is 6.61 Å². The lowest BCUT2D eigenvalue weighted by molar-refractivity contribution is -0.145. The van der Waals surface area contributed by atoms with Crippen LogP contribution in [0, 0.1) is 5.41 Å². The van der Waals surface area contributed by atoms with Crippen LogP contribution in [-0.2, 0) is 14.3 Å². The van der Waals surface area contributed by atoms with Crippen molar-refractivity contribution >= 4 is 18.0 Å². The zero-order valence-corrected chi connectivity index (χ0v) is 20.9. The molecule has 2 aromatic rings. The molecule has 1 unspecified atom stereocenters. The first-order valence-corrected chi connectivity index (χ1v) is 11.8. The molecular formula is C28H34N2O5. The highest BCUT2D eigenvalue weighted by atomic mass is 16.5. The lowest BCUT2D eigenvalue weighted by Crippen LogP contribution is -2.55. The number of fused-ring (bicyclic) bond motifs is 3. The molecule has 35 heavy (non-hydrogen) atoms. The summed E-state index contributed by atoms with van der Waals surface area (Å²) < 4.78 is 5.58. The molecule has 2 atom stereocenters. The largest absolute Gasteiger partial charge is 0.480 e. The van der Waals surface area contributed by atoms with E-state index in [-0.39, 0.29) is 18.9 Å². The van der Waals surface area contributed by atoms with Crippen molar-refractivity contribution in [3.8, 4) is 11.1 Å². The molecule has 0 saturated heterocycles. The number of carboxylic acids is 1.